The van der Waals surface area contributed by atoms with Crippen molar-refractivity contribution in [3.8, 4) is 0 Å². The molecule has 1 aromatic carbocycles. The number of carbonyl (C=O) groups excluding carboxylic acids is 1. The van der Waals surface area contributed by atoms with E-state index in [1.165, 1.54) is 24.3 Å². The zero-order valence-electron chi connectivity index (χ0n) is 11.2. The van der Waals surface area contributed by atoms with E-state index in [0.717, 1.165) is 0 Å². The third kappa shape index (κ3) is 3.59. The van der Waals surface area contributed by atoms with Crippen molar-refractivity contribution in [2.24, 2.45) is 11.7 Å². The molecule has 0 heterocycles. The summed E-state index contributed by atoms with van der Waals surface area (Å²) >= 11 is 0. The number of nitrogens with two attached hydrogens (primary N) is 1. The van der Waals surface area contributed by atoms with Crippen molar-refractivity contribution in [1.82, 2.24) is 4.72 Å². The van der Waals surface area contributed by atoms with Gasteiger partial charge in [-0.25, -0.2) is 13.1 Å². The lowest BCUT2D eigenvalue weighted by Crippen LogP contribution is -2.33. The summed E-state index contributed by atoms with van der Waals surface area (Å²) in [6.07, 6.45) is 1.24. The van der Waals surface area contributed by atoms with E-state index in [-0.39, 0.29) is 22.9 Å². The minimum Gasteiger partial charge on any atom is -0.481 e. The first-order valence-electron chi connectivity index (χ1n) is 6.44. The molecule has 1 aliphatic rings. The Labute approximate surface area is 122 Å². The second-order valence-corrected chi connectivity index (χ2v) is 6.77. The fraction of sp³-hybridized carbons (Fsp3) is 0.385. The first-order valence-corrected chi connectivity index (χ1v) is 7.93. The number of nitrogens with one attached hydrogen (secondary N) is 1. The largest absolute Gasteiger partial charge is 0.481 e. The summed E-state index contributed by atoms with van der Waals surface area (Å²) in [7, 11) is -3.73. The second-order valence-electron chi connectivity index (χ2n) is 5.06. The van der Waals surface area contributed by atoms with Crippen molar-refractivity contribution in [1.29, 1.82) is 0 Å². The van der Waals surface area contributed by atoms with Gasteiger partial charge in [0.2, 0.25) is 15.9 Å². The van der Waals surface area contributed by atoms with Gasteiger partial charge in [0, 0.05) is 11.6 Å². The summed E-state index contributed by atoms with van der Waals surface area (Å²) in [4.78, 5) is 21.8. The average molecular weight is 312 g/mol. The van der Waals surface area contributed by atoms with E-state index < -0.39 is 27.8 Å². The van der Waals surface area contributed by atoms with Crippen molar-refractivity contribution >= 4 is 21.9 Å². The Hall–Kier alpha value is -1.93. The van der Waals surface area contributed by atoms with Crippen molar-refractivity contribution in [2.75, 3.05) is 0 Å². The Morgan fingerprint density at radius 1 is 1.19 bits per heavy atom. The van der Waals surface area contributed by atoms with Crippen LogP contribution in [0.5, 0.6) is 0 Å². The Kier molecular flexibility index (Phi) is 4.29. The number of primary amides is 1. The SMILES string of the molecule is NC(=O)c1ccc(S(=O)(=O)N[C@H]2CC[C@@H](C(=O)O)C2)cc1. The van der Waals surface area contributed by atoms with E-state index in [4.69, 9.17) is 10.8 Å². The van der Waals surface area contributed by atoms with E-state index in [0.29, 0.717) is 12.8 Å². The van der Waals surface area contributed by atoms with Crippen LogP contribution in [0.3, 0.4) is 0 Å². The van der Waals surface area contributed by atoms with Gasteiger partial charge in [-0.3, -0.25) is 9.59 Å². The second kappa shape index (κ2) is 5.82. The molecule has 0 aliphatic heterocycles. The number of carboxylic acid groups (broad SMARTS) is 1. The first kappa shape index (κ1) is 15.5. The molecule has 0 unspecified atom stereocenters. The molecular formula is C13H16N2O5S. The molecule has 0 saturated heterocycles. The molecule has 0 aromatic heterocycles. The topological polar surface area (TPSA) is 127 Å². The zero-order chi connectivity index (χ0) is 15.6. The van der Waals surface area contributed by atoms with Crippen molar-refractivity contribution in [3.63, 3.8) is 0 Å². The normalized spacial score (nSPS) is 22.1. The number of amides is 1. The molecule has 2 rings (SSSR count). The molecule has 4 N–H and O–H groups in total. The fourth-order valence-corrected chi connectivity index (χ4v) is 3.68. The van der Waals surface area contributed by atoms with Gasteiger partial charge in [0.05, 0.1) is 10.8 Å². The lowest BCUT2D eigenvalue weighted by atomic mass is 10.1. The molecule has 0 spiro atoms. The van der Waals surface area contributed by atoms with Crippen molar-refractivity contribution in [3.05, 3.63) is 29.8 Å². The van der Waals surface area contributed by atoms with Gasteiger partial charge in [0.1, 0.15) is 0 Å². The highest BCUT2D eigenvalue weighted by Crippen LogP contribution is 2.27. The average Bonchev–Trinajstić information content (AvgIpc) is 2.87. The predicted octanol–water partition coefficient (Wildman–Crippen LogP) is 0.317. The summed E-state index contributed by atoms with van der Waals surface area (Å²) < 4.78 is 26.8. The number of carbonyl (C=O) groups is 2. The third-order valence-electron chi connectivity index (χ3n) is 3.55. The molecule has 0 radical (unpaired) electrons. The summed E-state index contributed by atoms with van der Waals surface area (Å²) in [5, 5.41) is 8.91. The van der Waals surface area contributed by atoms with Gasteiger partial charge in [0.25, 0.3) is 0 Å². The molecule has 2 atom stereocenters. The Bertz CT molecular complexity index is 654. The maximum absolute atomic E-state index is 12.2. The summed E-state index contributed by atoms with van der Waals surface area (Å²) in [5.41, 5.74) is 5.31. The van der Waals surface area contributed by atoms with Gasteiger partial charge in [-0.2, -0.15) is 0 Å². The summed E-state index contributed by atoms with van der Waals surface area (Å²) in [6, 6.07) is 4.89. The van der Waals surface area contributed by atoms with E-state index >= 15 is 0 Å². The maximum Gasteiger partial charge on any atom is 0.306 e. The van der Waals surface area contributed by atoms with Crippen LogP contribution in [-0.4, -0.2) is 31.4 Å². The van der Waals surface area contributed by atoms with Crippen LogP contribution in [0.1, 0.15) is 29.6 Å². The molecule has 21 heavy (non-hydrogen) atoms. The number of hydrogen-bond acceptors (Lipinski definition) is 4. The van der Waals surface area contributed by atoms with Crippen LogP contribution in [0.4, 0.5) is 0 Å². The highest BCUT2D eigenvalue weighted by Gasteiger charge is 2.32. The summed E-state index contributed by atoms with van der Waals surface area (Å²) in [5.74, 6) is -2.04. The van der Waals surface area contributed by atoms with Crippen LogP contribution in [0.25, 0.3) is 0 Å². The van der Waals surface area contributed by atoms with Crippen molar-refractivity contribution in [2.45, 2.75) is 30.2 Å². The van der Waals surface area contributed by atoms with Crippen LogP contribution in [0.2, 0.25) is 0 Å². The van der Waals surface area contributed by atoms with Gasteiger partial charge in [-0.1, -0.05) is 0 Å². The van der Waals surface area contributed by atoms with Gasteiger partial charge in [-0.15, -0.1) is 0 Å². The third-order valence-corrected chi connectivity index (χ3v) is 5.09. The lowest BCUT2D eigenvalue weighted by Gasteiger charge is -2.13. The van der Waals surface area contributed by atoms with E-state index in [9.17, 15) is 18.0 Å². The Balaban J connectivity index is 2.08. The molecular weight excluding hydrogens is 296 g/mol. The van der Waals surface area contributed by atoms with E-state index in [1.54, 1.807) is 0 Å². The fourth-order valence-electron chi connectivity index (χ4n) is 2.40. The van der Waals surface area contributed by atoms with Gasteiger partial charge in [0.15, 0.2) is 0 Å². The van der Waals surface area contributed by atoms with Crippen LogP contribution < -0.4 is 10.5 Å². The van der Waals surface area contributed by atoms with E-state index in [1.807, 2.05) is 0 Å². The molecule has 0 bridgehead atoms. The molecule has 1 amide bonds. The van der Waals surface area contributed by atoms with Crippen LogP contribution in [0, 0.1) is 5.92 Å². The van der Waals surface area contributed by atoms with Crippen LogP contribution in [0.15, 0.2) is 29.2 Å². The molecule has 7 nitrogen and oxygen atoms in total. The van der Waals surface area contributed by atoms with E-state index in [2.05, 4.69) is 4.72 Å². The molecule has 1 aliphatic carbocycles. The number of sulfonamides is 1. The molecule has 1 aromatic rings. The quantitative estimate of drug-likeness (QED) is 0.721. The highest BCUT2D eigenvalue weighted by molar-refractivity contribution is 7.89. The monoisotopic (exact) mass is 312 g/mol. The van der Waals surface area contributed by atoms with Crippen LogP contribution in [-0.2, 0) is 14.8 Å². The molecule has 1 saturated carbocycles. The highest BCUT2D eigenvalue weighted by atomic mass is 32.2. The molecule has 1 fully saturated rings. The number of hydrogen-bond donors (Lipinski definition) is 3. The zero-order valence-corrected chi connectivity index (χ0v) is 12.0. The smallest absolute Gasteiger partial charge is 0.306 e. The Morgan fingerprint density at radius 2 is 1.81 bits per heavy atom. The predicted molar refractivity (Wildman–Crippen MR) is 74.0 cm³/mol. The standard InChI is InChI=1S/C13H16N2O5S/c14-12(16)8-2-5-11(6-3-8)21(19,20)15-10-4-1-9(7-10)13(17)18/h2-3,5-6,9-10,15H,1,4,7H2,(H2,14,16)(H,17,18)/t9-,10+/m1/s1. The van der Waals surface area contributed by atoms with Crippen molar-refractivity contribution < 1.29 is 23.1 Å². The minimum absolute atomic E-state index is 0.0197. The Morgan fingerprint density at radius 3 is 2.29 bits per heavy atom. The number of aliphatic carboxylic acids is 1. The van der Waals surface area contributed by atoms with Crippen LogP contribution >= 0.6 is 0 Å². The molecule has 8 heteroatoms. The van der Waals surface area contributed by atoms with Gasteiger partial charge in [-0.05, 0) is 43.5 Å². The maximum atomic E-state index is 12.2. The summed E-state index contributed by atoms with van der Waals surface area (Å²) in [6.45, 7) is 0. The number of rotatable bonds is 5. The lowest BCUT2D eigenvalue weighted by molar-refractivity contribution is -0.141. The number of carboxylic acids is 1. The molecule has 114 valence electrons. The number of benzene rings is 1. The van der Waals surface area contributed by atoms with Gasteiger partial charge < -0.3 is 10.8 Å². The minimum atomic E-state index is -3.73. The first-order chi connectivity index (χ1) is 9.79. The van der Waals surface area contributed by atoms with Gasteiger partial charge >= 0.3 is 5.97 Å².